The van der Waals surface area contributed by atoms with Crippen LogP contribution >= 0.6 is 11.3 Å². The maximum Gasteiger partial charge on any atom is 0.0900 e. The van der Waals surface area contributed by atoms with Crippen molar-refractivity contribution < 1.29 is 0 Å². The Balaban J connectivity index is 2.56. The van der Waals surface area contributed by atoms with E-state index in [0.717, 1.165) is 17.2 Å². The van der Waals surface area contributed by atoms with Crippen LogP contribution < -0.4 is 5.32 Å². The fraction of sp³-hybridized carbons (Fsp3) is 0.600. The van der Waals surface area contributed by atoms with Gasteiger partial charge in [-0.15, -0.1) is 11.3 Å². The predicted octanol–water partition coefficient (Wildman–Crippen LogP) is 2.32. The Labute approximate surface area is 88.8 Å². The van der Waals surface area contributed by atoms with E-state index in [-0.39, 0.29) is 0 Å². The van der Waals surface area contributed by atoms with Crippen molar-refractivity contribution in [3.8, 4) is 6.07 Å². The van der Waals surface area contributed by atoms with Crippen LogP contribution in [0, 0.1) is 25.2 Å². The van der Waals surface area contributed by atoms with Crippen LogP contribution in [-0.2, 0) is 0 Å². The van der Waals surface area contributed by atoms with Crippen molar-refractivity contribution in [2.24, 2.45) is 0 Å². The van der Waals surface area contributed by atoms with Crippen LogP contribution in [-0.4, -0.2) is 11.5 Å². The second-order valence-electron chi connectivity index (χ2n) is 3.27. The first-order valence-electron chi connectivity index (χ1n) is 4.69. The van der Waals surface area contributed by atoms with E-state index in [1.165, 1.54) is 4.88 Å². The highest BCUT2D eigenvalue weighted by atomic mass is 32.1. The zero-order valence-electron chi connectivity index (χ0n) is 8.79. The lowest BCUT2D eigenvalue weighted by atomic mass is 10.2. The SMILES string of the molecule is Cc1nc(C)c(C(C)NCCC#N)s1. The lowest BCUT2D eigenvalue weighted by Gasteiger charge is -2.10. The molecule has 0 aliphatic rings. The van der Waals surface area contributed by atoms with Crippen molar-refractivity contribution in [1.29, 1.82) is 5.26 Å². The van der Waals surface area contributed by atoms with Gasteiger partial charge >= 0.3 is 0 Å². The molecule has 1 N–H and O–H groups in total. The average Bonchev–Trinajstić information content (AvgIpc) is 2.45. The van der Waals surface area contributed by atoms with E-state index in [1.807, 2.05) is 13.8 Å². The van der Waals surface area contributed by atoms with E-state index in [2.05, 4.69) is 23.3 Å². The van der Waals surface area contributed by atoms with Gasteiger partial charge in [-0.05, 0) is 20.8 Å². The fourth-order valence-corrected chi connectivity index (χ4v) is 2.34. The van der Waals surface area contributed by atoms with Crippen LogP contribution in [0.5, 0.6) is 0 Å². The minimum Gasteiger partial charge on any atom is -0.308 e. The molecule has 0 saturated heterocycles. The molecule has 1 atom stereocenters. The molecule has 4 heteroatoms. The number of aryl methyl sites for hydroxylation is 2. The van der Waals surface area contributed by atoms with Crippen LogP contribution in [0.3, 0.4) is 0 Å². The molecule has 1 unspecified atom stereocenters. The topological polar surface area (TPSA) is 48.7 Å². The molecule has 0 spiro atoms. The molecule has 0 amide bonds. The van der Waals surface area contributed by atoms with E-state index in [0.29, 0.717) is 12.5 Å². The van der Waals surface area contributed by atoms with Gasteiger partial charge in [0.05, 0.1) is 16.8 Å². The van der Waals surface area contributed by atoms with Crippen molar-refractivity contribution in [1.82, 2.24) is 10.3 Å². The highest BCUT2D eigenvalue weighted by molar-refractivity contribution is 7.11. The number of thiazole rings is 1. The molecule has 1 heterocycles. The van der Waals surface area contributed by atoms with Gasteiger partial charge in [0.25, 0.3) is 0 Å². The highest BCUT2D eigenvalue weighted by Crippen LogP contribution is 2.24. The Morgan fingerprint density at radius 3 is 2.79 bits per heavy atom. The number of aromatic nitrogens is 1. The first kappa shape index (κ1) is 11.2. The molecule has 76 valence electrons. The standard InChI is InChI=1S/C10H15N3S/c1-7(12-6-4-5-11)10-8(2)13-9(3)14-10/h7,12H,4,6H2,1-3H3. The molecule has 0 aromatic carbocycles. The first-order valence-corrected chi connectivity index (χ1v) is 5.51. The summed E-state index contributed by atoms with van der Waals surface area (Å²) in [6.07, 6.45) is 0.557. The number of hydrogen-bond acceptors (Lipinski definition) is 4. The summed E-state index contributed by atoms with van der Waals surface area (Å²) in [4.78, 5) is 5.65. The van der Waals surface area contributed by atoms with Gasteiger partial charge in [0.15, 0.2) is 0 Å². The van der Waals surface area contributed by atoms with Crippen molar-refractivity contribution >= 4 is 11.3 Å². The quantitative estimate of drug-likeness (QED) is 0.774. The first-order chi connectivity index (χ1) is 6.65. The number of nitrogens with one attached hydrogen (secondary N) is 1. The molecule has 0 radical (unpaired) electrons. The predicted molar refractivity (Wildman–Crippen MR) is 58.2 cm³/mol. The van der Waals surface area contributed by atoms with E-state index < -0.39 is 0 Å². The van der Waals surface area contributed by atoms with Crippen LogP contribution in [0.15, 0.2) is 0 Å². The smallest absolute Gasteiger partial charge is 0.0900 e. The van der Waals surface area contributed by atoms with Crippen LogP contribution in [0.4, 0.5) is 0 Å². The fourth-order valence-electron chi connectivity index (χ4n) is 1.39. The van der Waals surface area contributed by atoms with Crippen LogP contribution in [0.25, 0.3) is 0 Å². The summed E-state index contributed by atoms with van der Waals surface area (Å²) in [7, 11) is 0. The van der Waals surface area contributed by atoms with Crippen LogP contribution in [0.1, 0.15) is 35.0 Å². The van der Waals surface area contributed by atoms with Gasteiger partial charge in [-0.25, -0.2) is 4.98 Å². The Morgan fingerprint density at radius 2 is 2.29 bits per heavy atom. The lowest BCUT2D eigenvalue weighted by molar-refractivity contribution is 0.588. The molecule has 0 bridgehead atoms. The van der Waals surface area contributed by atoms with Gasteiger partial charge in [-0.3, -0.25) is 0 Å². The Kier molecular flexibility index (Phi) is 4.05. The second-order valence-corrected chi connectivity index (χ2v) is 4.50. The van der Waals surface area contributed by atoms with E-state index in [1.54, 1.807) is 11.3 Å². The Bertz CT molecular complexity index is 338. The third-order valence-electron chi connectivity index (χ3n) is 2.02. The largest absolute Gasteiger partial charge is 0.308 e. The van der Waals surface area contributed by atoms with E-state index >= 15 is 0 Å². The van der Waals surface area contributed by atoms with Gasteiger partial charge in [-0.1, -0.05) is 0 Å². The summed E-state index contributed by atoms with van der Waals surface area (Å²) >= 11 is 1.72. The molecule has 0 fully saturated rings. The molecular formula is C10H15N3S. The van der Waals surface area contributed by atoms with Gasteiger partial charge in [0, 0.05) is 23.9 Å². The zero-order chi connectivity index (χ0) is 10.6. The molecule has 1 aromatic rings. The molecular weight excluding hydrogens is 194 g/mol. The van der Waals surface area contributed by atoms with E-state index in [4.69, 9.17) is 5.26 Å². The third-order valence-corrected chi connectivity index (χ3v) is 3.28. The van der Waals surface area contributed by atoms with Gasteiger partial charge in [0.1, 0.15) is 0 Å². The number of nitrogens with zero attached hydrogens (tertiary/aromatic N) is 2. The highest BCUT2D eigenvalue weighted by Gasteiger charge is 2.11. The number of hydrogen-bond donors (Lipinski definition) is 1. The minimum atomic E-state index is 0.301. The lowest BCUT2D eigenvalue weighted by Crippen LogP contribution is -2.19. The van der Waals surface area contributed by atoms with E-state index in [9.17, 15) is 0 Å². The normalized spacial score (nSPS) is 12.4. The summed E-state index contributed by atoms with van der Waals surface area (Å²) in [5.41, 5.74) is 1.10. The van der Waals surface area contributed by atoms with Crippen LogP contribution in [0.2, 0.25) is 0 Å². The Hall–Kier alpha value is -0.920. The summed E-state index contributed by atoms with van der Waals surface area (Å²) in [6, 6.07) is 2.42. The molecule has 0 aliphatic carbocycles. The summed E-state index contributed by atoms with van der Waals surface area (Å²) < 4.78 is 0. The molecule has 3 nitrogen and oxygen atoms in total. The van der Waals surface area contributed by atoms with Crippen molar-refractivity contribution in [2.45, 2.75) is 33.2 Å². The number of rotatable bonds is 4. The maximum atomic E-state index is 8.41. The van der Waals surface area contributed by atoms with Crippen molar-refractivity contribution in [3.05, 3.63) is 15.6 Å². The van der Waals surface area contributed by atoms with Gasteiger partial charge in [-0.2, -0.15) is 5.26 Å². The molecule has 14 heavy (non-hydrogen) atoms. The van der Waals surface area contributed by atoms with Crippen molar-refractivity contribution in [3.63, 3.8) is 0 Å². The van der Waals surface area contributed by atoms with Gasteiger partial charge in [0.2, 0.25) is 0 Å². The van der Waals surface area contributed by atoms with Gasteiger partial charge < -0.3 is 5.32 Å². The summed E-state index contributed by atoms with van der Waals surface area (Å²) in [6.45, 7) is 6.90. The van der Waals surface area contributed by atoms with Crippen molar-refractivity contribution in [2.75, 3.05) is 6.54 Å². The summed E-state index contributed by atoms with van der Waals surface area (Å²) in [5, 5.41) is 12.8. The Morgan fingerprint density at radius 1 is 1.57 bits per heavy atom. The molecule has 0 saturated carbocycles. The zero-order valence-corrected chi connectivity index (χ0v) is 9.61. The maximum absolute atomic E-state index is 8.41. The summed E-state index contributed by atoms with van der Waals surface area (Å²) in [5.74, 6) is 0. The molecule has 1 aromatic heterocycles. The monoisotopic (exact) mass is 209 g/mol. The molecule has 0 aliphatic heterocycles. The molecule has 1 rings (SSSR count). The number of nitriles is 1. The second kappa shape index (κ2) is 5.08. The third kappa shape index (κ3) is 2.79. The minimum absolute atomic E-state index is 0.301. The average molecular weight is 209 g/mol.